The predicted octanol–water partition coefficient (Wildman–Crippen LogP) is 4.09. The highest BCUT2D eigenvalue weighted by Crippen LogP contribution is 2.27. The van der Waals surface area contributed by atoms with Crippen LogP contribution in [0.3, 0.4) is 0 Å². The quantitative estimate of drug-likeness (QED) is 0.825. The highest BCUT2D eigenvalue weighted by atomic mass is 79.9. The lowest BCUT2D eigenvalue weighted by molar-refractivity contribution is 0.571. The van der Waals surface area contributed by atoms with Gasteiger partial charge in [0.2, 0.25) is 0 Å². The van der Waals surface area contributed by atoms with Gasteiger partial charge in [0, 0.05) is 21.0 Å². The second-order valence-electron chi connectivity index (χ2n) is 5.55. The Labute approximate surface area is 134 Å². The average molecular weight is 373 g/mol. The number of hydrogen-bond donors (Lipinski definition) is 1. The van der Waals surface area contributed by atoms with Gasteiger partial charge in [0.1, 0.15) is 5.01 Å². The molecule has 1 atom stereocenters. The molecule has 0 spiro atoms. The van der Waals surface area contributed by atoms with Gasteiger partial charge >= 0.3 is 0 Å². The predicted molar refractivity (Wildman–Crippen MR) is 89.5 cm³/mol. The molecule has 0 aliphatic heterocycles. The molecule has 3 nitrogen and oxygen atoms in total. The van der Waals surface area contributed by atoms with Gasteiger partial charge in [-0.15, -0.1) is 11.3 Å². The van der Waals surface area contributed by atoms with Gasteiger partial charge in [0.25, 0.3) is 0 Å². The summed E-state index contributed by atoms with van der Waals surface area (Å²) in [5.41, 5.74) is 7.50. The van der Waals surface area contributed by atoms with Crippen molar-refractivity contribution in [1.82, 2.24) is 4.98 Å². The third-order valence-electron chi connectivity index (χ3n) is 2.80. The lowest BCUT2D eigenvalue weighted by atomic mass is 9.93. The Bertz CT molecular complexity index is 647. The standard InChI is InChI=1S/C14H17BrN2OS2/c1-14(2,3)12-7-19-13(17-12)8-20(18)11-6-9(15)4-5-10(11)16/h4-7H,8,16H2,1-3H3. The Morgan fingerprint density at radius 1 is 1.40 bits per heavy atom. The second kappa shape index (κ2) is 5.95. The third kappa shape index (κ3) is 3.68. The van der Waals surface area contributed by atoms with Gasteiger partial charge in [-0.3, -0.25) is 4.21 Å². The zero-order chi connectivity index (χ0) is 14.9. The summed E-state index contributed by atoms with van der Waals surface area (Å²) < 4.78 is 13.3. The summed E-state index contributed by atoms with van der Waals surface area (Å²) in [5, 5.41) is 2.92. The van der Waals surface area contributed by atoms with Crippen molar-refractivity contribution < 1.29 is 4.21 Å². The van der Waals surface area contributed by atoms with Gasteiger partial charge in [0.05, 0.1) is 27.1 Å². The molecule has 108 valence electrons. The minimum Gasteiger partial charge on any atom is -0.398 e. The molecular formula is C14H17BrN2OS2. The van der Waals surface area contributed by atoms with Crippen LogP contribution in [0.2, 0.25) is 0 Å². The summed E-state index contributed by atoms with van der Waals surface area (Å²) >= 11 is 4.93. The molecule has 0 fully saturated rings. The fraction of sp³-hybridized carbons (Fsp3) is 0.357. The molecule has 0 saturated carbocycles. The lowest BCUT2D eigenvalue weighted by Gasteiger charge is -2.14. The van der Waals surface area contributed by atoms with Crippen molar-refractivity contribution in [2.75, 3.05) is 5.73 Å². The maximum Gasteiger partial charge on any atom is 0.106 e. The molecule has 0 bridgehead atoms. The van der Waals surface area contributed by atoms with E-state index in [9.17, 15) is 4.21 Å². The van der Waals surface area contributed by atoms with Gasteiger partial charge in [0.15, 0.2) is 0 Å². The first-order chi connectivity index (χ1) is 9.27. The molecular weight excluding hydrogens is 356 g/mol. The molecule has 6 heteroatoms. The van der Waals surface area contributed by atoms with Gasteiger partial charge in [-0.1, -0.05) is 36.7 Å². The third-order valence-corrected chi connectivity index (χ3v) is 5.70. The fourth-order valence-corrected chi connectivity index (χ4v) is 4.56. The van der Waals surface area contributed by atoms with Crippen molar-refractivity contribution in [2.24, 2.45) is 0 Å². The van der Waals surface area contributed by atoms with E-state index in [1.165, 1.54) is 0 Å². The minimum absolute atomic E-state index is 0.0189. The highest BCUT2D eigenvalue weighted by molar-refractivity contribution is 9.10. The molecule has 0 aliphatic carbocycles. The van der Waals surface area contributed by atoms with E-state index < -0.39 is 10.8 Å². The highest BCUT2D eigenvalue weighted by Gasteiger charge is 2.19. The molecule has 1 unspecified atom stereocenters. The van der Waals surface area contributed by atoms with Crippen molar-refractivity contribution in [3.63, 3.8) is 0 Å². The Balaban J connectivity index is 2.20. The first kappa shape index (κ1) is 15.7. The maximum atomic E-state index is 12.4. The van der Waals surface area contributed by atoms with Crippen LogP contribution in [0.4, 0.5) is 5.69 Å². The van der Waals surface area contributed by atoms with E-state index in [0.29, 0.717) is 16.3 Å². The van der Waals surface area contributed by atoms with E-state index in [0.717, 1.165) is 15.2 Å². The van der Waals surface area contributed by atoms with Crippen LogP contribution in [0.1, 0.15) is 31.5 Å². The lowest BCUT2D eigenvalue weighted by Crippen LogP contribution is -2.11. The molecule has 0 aliphatic rings. The van der Waals surface area contributed by atoms with Crippen LogP contribution >= 0.6 is 27.3 Å². The number of nitrogens with two attached hydrogens (primary N) is 1. The fourth-order valence-electron chi connectivity index (χ4n) is 1.62. The second-order valence-corrected chi connectivity index (χ2v) is 8.83. The van der Waals surface area contributed by atoms with Crippen LogP contribution in [-0.4, -0.2) is 9.19 Å². The summed E-state index contributed by atoms with van der Waals surface area (Å²) in [6, 6.07) is 5.42. The van der Waals surface area contributed by atoms with Crippen molar-refractivity contribution in [3.05, 3.63) is 38.8 Å². The molecule has 0 saturated heterocycles. The summed E-state index contributed by atoms with van der Waals surface area (Å²) in [6.07, 6.45) is 0. The molecule has 2 rings (SSSR count). The van der Waals surface area contributed by atoms with Crippen molar-refractivity contribution in [3.8, 4) is 0 Å². The Morgan fingerprint density at radius 3 is 2.70 bits per heavy atom. The number of rotatable bonds is 3. The molecule has 20 heavy (non-hydrogen) atoms. The molecule has 1 heterocycles. The Kier molecular flexibility index (Phi) is 4.66. The van der Waals surface area contributed by atoms with Crippen LogP contribution in [0, 0.1) is 0 Å². The monoisotopic (exact) mass is 372 g/mol. The van der Waals surface area contributed by atoms with E-state index in [4.69, 9.17) is 5.73 Å². The SMILES string of the molecule is CC(C)(C)c1csc(CS(=O)c2cc(Br)ccc2N)n1. The summed E-state index contributed by atoms with van der Waals surface area (Å²) in [5.74, 6) is 0.404. The summed E-state index contributed by atoms with van der Waals surface area (Å²) in [7, 11) is -1.18. The van der Waals surface area contributed by atoms with Gasteiger partial charge in [-0.05, 0) is 18.2 Å². The number of aromatic nitrogens is 1. The van der Waals surface area contributed by atoms with Gasteiger partial charge in [-0.2, -0.15) is 0 Å². The van der Waals surface area contributed by atoms with Crippen molar-refractivity contribution in [2.45, 2.75) is 36.8 Å². The molecule has 1 aromatic carbocycles. The van der Waals surface area contributed by atoms with Crippen molar-refractivity contribution in [1.29, 1.82) is 0 Å². The smallest absolute Gasteiger partial charge is 0.106 e. The number of nitrogen functional groups attached to an aromatic ring is 1. The Hall–Kier alpha value is -0.720. The molecule has 0 amide bonds. The zero-order valence-electron chi connectivity index (χ0n) is 11.6. The topological polar surface area (TPSA) is 56.0 Å². The van der Waals surface area contributed by atoms with E-state index >= 15 is 0 Å². The largest absolute Gasteiger partial charge is 0.398 e. The van der Waals surface area contributed by atoms with Gasteiger partial charge < -0.3 is 5.73 Å². The number of benzene rings is 1. The summed E-state index contributed by atoms with van der Waals surface area (Å²) in [4.78, 5) is 5.23. The summed E-state index contributed by atoms with van der Waals surface area (Å²) in [6.45, 7) is 6.36. The van der Waals surface area contributed by atoms with Crippen LogP contribution in [0.25, 0.3) is 0 Å². The van der Waals surface area contributed by atoms with Gasteiger partial charge in [-0.25, -0.2) is 4.98 Å². The van der Waals surface area contributed by atoms with E-state index in [1.807, 2.05) is 17.5 Å². The minimum atomic E-state index is -1.18. The number of hydrogen-bond acceptors (Lipinski definition) is 4. The first-order valence-corrected chi connectivity index (χ1v) is 9.15. The number of thiazole rings is 1. The molecule has 2 aromatic rings. The van der Waals surface area contributed by atoms with Crippen LogP contribution in [0.15, 0.2) is 32.9 Å². The first-order valence-electron chi connectivity index (χ1n) is 6.15. The molecule has 2 N–H and O–H groups in total. The molecule has 1 aromatic heterocycles. The van der Waals surface area contributed by atoms with Crippen LogP contribution in [-0.2, 0) is 22.0 Å². The number of nitrogens with zero attached hydrogens (tertiary/aromatic N) is 1. The zero-order valence-corrected chi connectivity index (χ0v) is 14.9. The number of anilines is 1. The average Bonchev–Trinajstić information content (AvgIpc) is 2.80. The number of halogens is 1. The Morgan fingerprint density at radius 2 is 2.10 bits per heavy atom. The van der Waals surface area contributed by atoms with Crippen molar-refractivity contribution >= 4 is 43.8 Å². The van der Waals surface area contributed by atoms with Crippen LogP contribution in [0.5, 0.6) is 0 Å². The maximum absolute atomic E-state index is 12.4. The molecule has 0 radical (unpaired) electrons. The van der Waals surface area contributed by atoms with Crippen LogP contribution < -0.4 is 5.73 Å². The van der Waals surface area contributed by atoms with E-state index in [1.54, 1.807) is 17.4 Å². The normalized spacial score (nSPS) is 13.4. The van der Waals surface area contributed by atoms with E-state index in [2.05, 4.69) is 41.7 Å². The van der Waals surface area contributed by atoms with E-state index in [-0.39, 0.29) is 5.41 Å².